The highest BCUT2D eigenvalue weighted by atomic mass is 15.3. The van der Waals surface area contributed by atoms with E-state index in [1.165, 1.54) is 16.7 Å². The molecule has 27 heavy (non-hydrogen) atoms. The van der Waals surface area contributed by atoms with E-state index in [9.17, 15) is 0 Å². The van der Waals surface area contributed by atoms with Crippen molar-refractivity contribution in [1.82, 2.24) is 24.9 Å². The number of nitrogens with zero attached hydrogens (tertiary/aromatic N) is 5. The highest BCUT2D eigenvalue weighted by Crippen LogP contribution is 2.18. The second-order valence-electron chi connectivity index (χ2n) is 7.68. The molecule has 0 aliphatic rings. The summed E-state index contributed by atoms with van der Waals surface area (Å²) in [5.41, 5.74) is 4.96. The number of rotatable bonds is 7. The fourth-order valence-electron chi connectivity index (χ4n) is 3.19. The zero-order valence-electron chi connectivity index (χ0n) is 17.8. The maximum atomic E-state index is 4.60. The number of hydrogen-bond acceptors (Lipinski definition) is 3. The summed E-state index contributed by atoms with van der Waals surface area (Å²) in [5, 5.41) is 8.06. The predicted octanol–water partition coefficient (Wildman–Crippen LogP) is 2.81. The average molecular weight is 371 g/mol. The minimum absolute atomic E-state index is 0.408. The lowest BCUT2D eigenvalue weighted by Gasteiger charge is -2.22. The van der Waals surface area contributed by atoms with Crippen molar-refractivity contribution in [3.05, 3.63) is 52.8 Å². The molecule has 2 aromatic rings. The average Bonchev–Trinajstić information content (AvgIpc) is 2.97. The Morgan fingerprint density at radius 3 is 2.30 bits per heavy atom. The first kappa shape index (κ1) is 21.0. The zero-order valence-corrected chi connectivity index (χ0v) is 17.8. The third-order valence-corrected chi connectivity index (χ3v) is 4.44. The molecule has 148 valence electrons. The van der Waals surface area contributed by atoms with E-state index < -0.39 is 0 Å². The third kappa shape index (κ3) is 6.10. The molecular formula is C21H34N6. The fraction of sp³-hybridized carbons (Fsp3) is 0.524. The highest BCUT2D eigenvalue weighted by molar-refractivity contribution is 5.79. The van der Waals surface area contributed by atoms with Gasteiger partial charge in [0, 0.05) is 52.5 Å². The summed E-state index contributed by atoms with van der Waals surface area (Å²) in [5.74, 6) is 1.29. The topological polar surface area (TPSA) is 48.7 Å². The zero-order chi connectivity index (χ0) is 20.0. The van der Waals surface area contributed by atoms with E-state index in [0.717, 1.165) is 31.3 Å². The first-order valence-corrected chi connectivity index (χ1v) is 9.47. The summed E-state index contributed by atoms with van der Waals surface area (Å²) >= 11 is 0. The molecule has 1 aromatic heterocycles. The number of hydrogen-bond donors (Lipinski definition) is 1. The minimum atomic E-state index is 0.408. The van der Waals surface area contributed by atoms with Crippen LogP contribution in [0.2, 0.25) is 0 Å². The second kappa shape index (κ2) is 9.55. The molecule has 6 heteroatoms. The van der Waals surface area contributed by atoms with Gasteiger partial charge in [0.15, 0.2) is 5.96 Å². The number of guanidine groups is 1. The van der Waals surface area contributed by atoms with Gasteiger partial charge in [0.2, 0.25) is 0 Å². The number of aliphatic imine (C=N–C) groups is 1. The summed E-state index contributed by atoms with van der Waals surface area (Å²) in [4.78, 5) is 8.75. The van der Waals surface area contributed by atoms with Crippen LogP contribution < -0.4 is 5.32 Å². The van der Waals surface area contributed by atoms with Crippen LogP contribution in [0.15, 0.2) is 35.5 Å². The molecule has 0 bridgehead atoms. The smallest absolute Gasteiger partial charge is 0.193 e. The van der Waals surface area contributed by atoms with Crippen molar-refractivity contribution in [3.8, 4) is 0 Å². The van der Waals surface area contributed by atoms with Crippen molar-refractivity contribution in [2.45, 2.75) is 39.4 Å². The van der Waals surface area contributed by atoms with Gasteiger partial charge in [-0.25, -0.2) is 0 Å². The molecule has 0 fully saturated rings. The van der Waals surface area contributed by atoms with Gasteiger partial charge in [0.1, 0.15) is 0 Å². The molecular weight excluding hydrogens is 336 g/mol. The van der Waals surface area contributed by atoms with Crippen molar-refractivity contribution in [3.63, 3.8) is 0 Å². The molecule has 1 heterocycles. The second-order valence-corrected chi connectivity index (χ2v) is 7.68. The minimum Gasteiger partial charge on any atom is -0.352 e. The van der Waals surface area contributed by atoms with E-state index in [1.54, 1.807) is 0 Å². The van der Waals surface area contributed by atoms with Gasteiger partial charge < -0.3 is 15.1 Å². The number of aryl methyl sites for hydroxylation is 1. The summed E-state index contributed by atoms with van der Waals surface area (Å²) < 4.78 is 1.89. The van der Waals surface area contributed by atoms with Gasteiger partial charge in [0.05, 0.1) is 5.69 Å². The van der Waals surface area contributed by atoms with E-state index in [0.29, 0.717) is 5.92 Å². The quantitative estimate of drug-likeness (QED) is 0.601. The maximum absolute atomic E-state index is 4.60. The maximum Gasteiger partial charge on any atom is 0.193 e. The van der Waals surface area contributed by atoms with Crippen molar-refractivity contribution in [2.75, 3.05) is 28.2 Å². The Hall–Kier alpha value is -2.34. The molecule has 0 spiro atoms. The molecule has 0 saturated carbocycles. The van der Waals surface area contributed by atoms with Gasteiger partial charge in [0.25, 0.3) is 0 Å². The van der Waals surface area contributed by atoms with E-state index >= 15 is 0 Å². The Kier molecular flexibility index (Phi) is 7.42. The predicted molar refractivity (Wildman–Crippen MR) is 113 cm³/mol. The van der Waals surface area contributed by atoms with Gasteiger partial charge >= 0.3 is 0 Å². The van der Waals surface area contributed by atoms with Crippen LogP contribution in [0, 0.1) is 0 Å². The van der Waals surface area contributed by atoms with E-state index in [2.05, 4.69) is 90.7 Å². The Labute approximate surface area is 163 Å². The van der Waals surface area contributed by atoms with Crippen LogP contribution >= 0.6 is 0 Å². The Bertz CT molecular complexity index is 743. The lowest BCUT2D eigenvalue weighted by atomic mass is 10.1. The van der Waals surface area contributed by atoms with Crippen molar-refractivity contribution >= 4 is 5.96 Å². The van der Waals surface area contributed by atoms with Gasteiger partial charge in [-0.2, -0.15) is 5.10 Å². The van der Waals surface area contributed by atoms with Crippen LogP contribution in [0.1, 0.15) is 42.1 Å². The largest absolute Gasteiger partial charge is 0.352 e. The molecule has 0 saturated heterocycles. The molecule has 1 aromatic carbocycles. The van der Waals surface area contributed by atoms with E-state index in [1.807, 2.05) is 18.8 Å². The number of aromatic nitrogens is 2. The molecule has 0 radical (unpaired) electrons. The summed E-state index contributed by atoms with van der Waals surface area (Å²) in [7, 11) is 10.0. The van der Waals surface area contributed by atoms with Gasteiger partial charge in [-0.15, -0.1) is 0 Å². The molecule has 1 N–H and O–H groups in total. The monoisotopic (exact) mass is 370 g/mol. The Balaban J connectivity index is 1.97. The molecule has 0 unspecified atom stereocenters. The van der Waals surface area contributed by atoms with Crippen LogP contribution in [0.25, 0.3) is 0 Å². The first-order valence-electron chi connectivity index (χ1n) is 9.47. The van der Waals surface area contributed by atoms with Gasteiger partial charge in [-0.05, 0) is 31.1 Å². The highest BCUT2D eigenvalue weighted by Gasteiger charge is 2.15. The van der Waals surface area contributed by atoms with Crippen LogP contribution in [0.3, 0.4) is 0 Å². The molecule has 0 amide bonds. The molecule has 2 rings (SSSR count). The molecule has 0 aliphatic carbocycles. The summed E-state index contributed by atoms with van der Waals surface area (Å²) in [6, 6.07) is 8.73. The van der Waals surface area contributed by atoms with Crippen molar-refractivity contribution in [1.29, 1.82) is 0 Å². The standard InChI is InChI=1S/C21H34N6/c1-16(2)20-19(15-27(7)24-20)14-26(6)21(22-3)23-12-17-8-10-18(11-9-17)13-25(4)5/h8-11,15-16H,12-14H2,1-7H3,(H,22,23). The first-order chi connectivity index (χ1) is 12.8. The fourth-order valence-corrected chi connectivity index (χ4v) is 3.19. The number of benzene rings is 1. The Morgan fingerprint density at radius 1 is 1.11 bits per heavy atom. The van der Waals surface area contributed by atoms with Crippen LogP contribution in [-0.2, 0) is 26.7 Å². The normalized spacial score (nSPS) is 12.1. The van der Waals surface area contributed by atoms with Crippen LogP contribution in [0.5, 0.6) is 0 Å². The lowest BCUT2D eigenvalue weighted by Crippen LogP contribution is -2.38. The summed E-state index contributed by atoms with van der Waals surface area (Å²) in [6.45, 7) is 6.85. The van der Waals surface area contributed by atoms with Crippen LogP contribution in [-0.4, -0.2) is 53.7 Å². The van der Waals surface area contributed by atoms with Gasteiger partial charge in [-0.3, -0.25) is 9.67 Å². The van der Waals surface area contributed by atoms with Crippen molar-refractivity contribution in [2.24, 2.45) is 12.0 Å². The van der Waals surface area contributed by atoms with E-state index in [-0.39, 0.29) is 0 Å². The lowest BCUT2D eigenvalue weighted by molar-refractivity contribution is 0.402. The van der Waals surface area contributed by atoms with Crippen molar-refractivity contribution < 1.29 is 0 Å². The third-order valence-electron chi connectivity index (χ3n) is 4.44. The van der Waals surface area contributed by atoms with E-state index in [4.69, 9.17) is 0 Å². The van der Waals surface area contributed by atoms with Crippen LogP contribution in [0.4, 0.5) is 0 Å². The molecule has 0 atom stereocenters. The Morgan fingerprint density at radius 2 is 1.74 bits per heavy atom. The SMILES string of the molecule is CN=C(NCc1ccc(CN(C)C)cc1)N(C)Cc1cn(C)nc1C(C)C. The molecule has 6 nitrogen and oxygen atoms in total. The summed E-state index contributed by atoms with van der Waals surface area (Å²) in [6.07, 6.45) is 2.10. The molecule has 0 aliphatic heterocycles. The number of nitrogens with one attached hydrogen (secondary N) is 1. The van der Waals surface area contributed by atoms with Gasteiger partial charge in [-0.1, -0.05) is 38.1 Å².